The fraction of sp³-hybridized carbons (Fsp3) is 0.467. The second kappa shape index (κ2) is 7.87. The zero-order valence-corrected chi connectivity index (χ0v) is 14.7. The van der Waals surface area contributed by atoms with Gasteiger partial charge >= 0.3 is 0 Å². The van der Waals surface area contributed by atoms with Gasteiger partial charge in [0.1, 0.15) is 0 Å². The van der Waals surface area contributed by atoms with E-state index in [9.17, 15) is 4.79 Å². The van der Waals surface area contributed by atoms with Gasteiger partial charge in [-0.1, -0.05) is 34.2 Å². The molecule has 4 nitrogen and oxygen atoms in total. The average Bonchev–Trinajstić information content (AvgIpc) is 2.76. The molecule has 2 aromatic rings. The van der Waals surface area contributed by atoms with Gasteiger partial charge in [-0.05, 0) is 31.5 Å². The fourth-order valence-electron chi connectivity index (χ4n) is 2.03. The molecule has 1 aromatic heterocycles. The maximum atomic E-state index is 11.8. The second-order valence-electron chi connectivity index (χ2n) is 4.60. The molecule has 0 aliphatic heterocycles. The molecule has 0 saturated heterocycles. The molecule has 0 radical (unpaired) electrons. The van der Waals surface area contributed by atoms with Gasteiger partial charge in [-0.2, -0.15) is 4.99 Å². The standard InChI is InChI=1S/C15H19BrN2O2S/c1-3-5-14(19)17-15-18(8-9-20-4-2)12-7-6-11(16)10-13(12)21-15/h6-7,10H,3-5,8-9H2,1-2H3. The van der Waals surface area contributed by atoms with Crippen LogP contribution in [0.5, 0.6) is 0 Å². The van der Waals surface area contributed by atoms with Gasteiger partial charge in [-0.25, -0.2) is 0 Å². The molecule has 2 rings (SSSR count). The number of carbonyl (C=O) groups is 1. The molecular weight excluding hydrogens is 352 g/mol. The normalized spacial score (nSPS) is 12.2. The maximum absolute atomic E-state index is 11.8. The molecule has 0 atom stereocenters. The molecule has 0 N–H and O–H groups in total. The lowest BCUT2D eigenvalue weighted by atomic mass is 10.3. The Labute approximate surface area is 136 Å². The van der Waals surface area contributed by atoms with Crippen LogP contribution in [0.2, 0.25) is 0 Å². The second-order valence-corrected chi connectivity index (χ2v) is 6.53. The lowest BCUT2D eigenvalue weighted by molar-refractivity contribution is -0.118. The van der Waals surface area contributed by atoms with Crippen LogP contribution in [0.3, 0.4) is 0 Å². The van der Waals surface area contributed by atoms with Crippen molar-refractivity contribution in [3.05, 3.63) is 27.5 Å². The van der Waals surface area contributed by atoms with Crippen LogP contribution >= 0.6 is 27.3 Å². The molecule has 0 aliphatic rings. The van der Waals surface area contributed by atoms with Gasteiger partial charge in [0.2, 0.25) is 5.91 Å². The number of hydrogen-bond acceptors (Lipinski definition) is 3. The summed E-state index contributed by atoms with van der Waals surface area (Å²) < 4.78 is 9.64. The van der Waals surface area contributed by atoms with Crippen molar-refractivity contribution >= 4 is 43.4 Å². The van der Waals surface area contributed by atoms with Gasteiger partial charge in [-0.3, -0.25) is 4.79 Å². The molecule has 0 fully saturated rings. The number of hydrogen-bond donors (Lipinski definition) is 0. The Morgan fingerprint density at radius 2 is 2.24 bits per heavy atom. The van der Waals surface area contributed by atoms with Crippen molar-refractivity contribution in [1.29, 1.82) is 0 Å². The Balaban J connectivity index is 2.46. The van der Waals surface area contributed by atoms with Gasteiger partial charge in [-0.15, -0.1) is 0 Å². The highest BCUT2D eigenvalue weighted by molar-refractivity contribution is 9.10. The van der Waals surface area contributed by atoms with Crippen LogP contribution in [0.1, 0.15) is 26.7 Å². The van der Waals surface area contributed by atoms with Crippen LogP contribution in [-0.2, 0) is 16.1 Å². The monoisotopic (exact) mass is 370 g/mol. The molecule has 1 amide bonds. The minimum Gasteiger partial charge on any atom is -0.380 e. The van der Waals surface area contributed by atoms with Crippen molar-refractivity contribution in [3.8, 4) is 0 Å². The zero-order chi connectivity index (χ0) is 15.2. The lowest BCUT2D eigenvalue weighted by Crippen LogP contribution is -2.19. The van der Waals surface area contributed by atoms with Crippen LogP contribution < -0.4 is 4.80 Å². The van der Waals surface area contributed by atoms with Gasteiger partial charge < -0.3 is 9.30 Å². The highest BCUT2D eigenvalue weighted by Crippen LogP contribution is 2.22. The van der Waals surface area contributed by atoms with E-state index in [-0.39, 0.29) is 5.91 Å². The minimum absolute atomic E-state index is 0.0618. The highest BCUT2D eigenvalue weighted by Gasteiger charge is 2.08. The molecule has 0 unspecified atom stereocenters. The van der Waals surface area contributed by atoms with E-state index in [1.807, 2.05) is 26.0 Å². The van der Waals surface area contributed by atoms with E-state index in [0.717, 1.165) is 25.9 Å². The summed E-state index contributed by atoms with van der Waals surface area (Å²) in [6.07, 6.45) is 1.31. The summed E-state index contributed by atoms with van der Waals surface area (Å²) in [6.45, 7) is 5.97. The van der Waals surface area contributed by atoms with Crippen LogP contribution in [0.25, 0.3) is 10.2 Å². The van der Waals surface area contributed by atoms with Crippen LogP contribution in [0, 0.1) is 0 Å². The smallest absolute Gasteiger partial charge is 0.248 e. The highest BCUT2D eigenvalue weighted by atomic mass is 79.9. The topological polar surface area (TPSA) is 43.6 Å². The first kappa shape index (κ1) is 16.4. The molecule has 0 spiro atoms. The molecular formula is C15H19BrN2O2S. The summed E-state index contributed by atoms with van der Waals surface area (Å²) in [6, 6.07) is 6.11. The molecule has 1 heterocycles. The van der Waals surface area contributed by atoms with Gasteiger partial charge in [0.15, 0.2) is 4.80 Å². The summed E-state index contributed by atoms with van der Waals surface area (Å²) >= 11 is 5.02. The number of benzene rings is 1. The molecule has 114 valence electrons. The van der Waals surface area contributed by atoms with E-state index in [4.69, 9.17) is 4.74 Å². The van der Waals surface area contributed by atoms with Crippen LogP contribution in [-0.4, -0.2) is 23.7 Å². The first-order chi connectivity index (χ1) is 10.2. The summed E-state index contributed by atoms with van der Waals surface area (Å²) in [5.74, 6) is -0.0618. The van der Waals surface area contributed by atoms with Gasteiger partial charge in [0, 0.05) is 24.0 Å². The Hall–Kier alpha value is -0.980. The SMILES string of the molecule is CCCC(=O)N=c1sc2cc(Br)ccc2n1CCOCC. The minimum atomic E-state index is -0.0618. The molecule has 6 heteroatoms. The molecule has 1 aromatic carbocycles. The number of aromatic nitrogens is 1. The Kier molecular flexibility index (Phi) is 6.14. The lowest BCUT2D eigenvalue weighted by Gasteiger charge is -2.05. The van der Waals surface area contributed by atoms with E-state index < -0.39 is 0 Å². The number of nitrogens with zero attached hydrogens (tertiary/aromatic N) is 2. The largest absolute Gasteiger partial charge is 0.380 e. The number of ether oxygens (including phenoxy) is 1. The molecule has 0 saturated carbocycles. The van der Waals surface area contributed by atoms with Crippen molar-refractivity contribution in [1.82, 2.24) is 4.57 Å². The summed E-state index contributed by atoms with van der Waals surface area (Å²) in [5.41, 5.74) is 1.09. The predicted molar refractivity (Wildman–Crippen MR) is 89.5 cm³/mol. The molecule has 0 aliphatic carbocycles. The Morgan fingerprint density at radius 3 is 2.95 bits per heavy atom. The van der Waals surface area contributed by atoms with Gasteiger partial charge in [0.05, 0.1) is 16.8 Å². The third-order valence-electron chi connectivity index (χ3n) is 2.99. The molecule has 21 heavy (non-hydrogen) atoms. The van der Waals surface area contributed by atoms with Crippen molar-refractivity contribution in [2.24, 2.45) is 4.99 Å². The fourth-order valence-corrected chi connectivity index (χ4v) is 3.65. The Morgan fingerprint density at radius 1 is 1.43 bits per heavy atom. The first-order valence-corrected chi connectivity index (χ1v) is 8.70. The third-order valence-corrected chi connectivity index (χ3v) is 4.53. The van der Waals surface area contributed by atoms with E-state index in [0.29, 0.717) is 26.2 Å². The van der Waals surface area contributed by atoms with Crippen molar-refractivity contribution in [2.45, 2.75) is 33.2 Å². The number of halogens is 1. The van der Waals surface area contributed by atoms with E-state index >= 15 is 0 Å². The number of amides is 1. The number of rotatable bonds is 6. The third kappa shape index (κ3) is 4.25. The zero-order valence-electron chi connectivity index (χ0n) is 12.3. The van der Waals surface area contributed by atoms with Crippen molar-refractivity contribution in [3.63, 3.8) is 0 Å². The van der Waals surface area contributed by atoms with Crippen LogP contribution in [0.15, 0.2) is 27.7 Å². The first-order valence-electron chi connectivity index (χ1n) is 7.10. The predicted octanol–water partition coefficient (Wildman–Crippen LogP) is 3.73. The molecule has 0 bridgehead atoms. The van der Waals surface area contributed by atoms with Crippen LogP contribution in [0.4, 0.5) is 0 Å². The maximum Gasteiger partial charge on any atom is 0.248 e. The van der Waals surface area contributed by atoms with Crippen molar-refractivity contribution < 1.29 is 9.53 Å². The van der Waals surface area contributed by atoms with E-state index in [1.54, 1.807) is 11.3 Å². The van der Waals surface area contributed by atoms with E-state index in [1.165, 1.54) is 0 Å². The number of carbonyl (C=O) groups excluding carboxylic acids is 1. The quantitative estimate of drug-likeness (QED) is 0.727. The van der Waals surface area contributed by atoms with E-state index in [2.05, 4.69) is 31.6 Å². The van der Waals surface area contributed by atoms with Crippen molar-refractivity contribution in [2.75, 3.05) is 13.2 Å². The summed E-state index contributed by atoms with van der Waals surface area (Å²) in [5, 5.41) is 0. The summed E-state index contributed by atoms with van der Waals surface area (Å²) in [7, 11) is 0. The number of fused-ring (bicyclic) bond motifs is 1. The average molecular weight is 371 g/mol. The van der Waals surface area contributed by atoms with Gasteiger partial charge in [0.25, 0.3) is 0 Å². The summed E-state index contributed by atoms with van der Waals surface area (Å²) in [4.78, 5) is 16.8. The number of thiazole rings is 1. The Bertz CT molecular complexity index is 691.